The Hall–Kier alpha value is -0.870. The van der Waals surface area contributed by atoms with Gasteiger partial charge in [0.05, 0.1) is 0 Å². The first-order chi connectivity index (χ1) is 7.83. The van der Waals surface area contributed by atoms with Gasteiger partial charge < -0.3 is 10.2 Å². The molecular weight excluding hydrogens is 218 g/mol. The SMILES string of the molecule is CNc1ccc(N2CCN(SC)CC2)cc1. The summed E-state index contributed by atoms with van der Waals surface area (Å²) >= 11 is 1.85. The molecule has 0 unspecified atom stereocenters. The molecule has 0 radical (unpaired) electrons. The fraction of sp³-hybridized carbons (Fsp3) is 0.500. The first-order valence-electron chi connectivity index (χ1n) is 5.65. The van der Waals surface area contributed by atoms with Gasteiger partial charge in [-0.3, -0.25) is 0 Å². The maximum Gasteiger partial charge on any atom is 0.0368 e. The summed E-state index contributed by atoms with van der Waals surface area (Å²) in [5.41, 5.74) is 2.51. The molecule has 0 aliphatic carbocycles. The van der Waals surface area contributed by atoms with Crippen LogP contribution in [0.2, 0.25) is 0 Å². The predicted molar refractivity (Wildman–Crippen MR) is 73.3 cm³/mol. The van der Waals surface area contributed by atoms with Crippen LogP contribution in [0, 0.1) is 0 Å². The van der Waals surface area contributed by atoms with E-state index in [1.807, 2.05) is 19.0 Å². The van der Waals surface area contributed by atoms with Gasteiger partial charge in [-0.25, -0.2) is 4.31 Å². The van der Waals surface area contributed by atoms with Crippen LogP contribution in [0.4, 0.5) is 11.4 Å². The number of benzene rings is 1. The van der Waals surface area contributed by atoms with Crippen LogP contribution in [0.3, 0.4) is 0 Å². The van der Waals surface area contributed by atoms with E-state index in [1.54, 1.807) is 0 Å². The second-order valence-electron chi connectivity index (χ2n) is 3.90. The van der Waals surface area contributed by atoms with Crippen LogP contribution >= 0.6 is 11.9 Å². The number of rotatable bonds is 3. The van der Waals surface area contributed by atoms with Crippen molar-refractivity contribution < 1.29 is 0 Å². The molecule has 1 aromatic rings. The molecule has 16 heavy (non-hydrogen) atoms. The summed E-state index contributed by atoms with van der Waals surface area (Å²) in [6.07, 6.45) is 2.15. The summed E-state index contributed by atoms with van der Waals surface area (Å²) in [6, 6.07) is 8.66. The Kier molecular flexibility index (Phi) is 3.96. The van der Waals surface area contributed by atoms with Gasteiger partial charge in [-0.05, 0) is 30.5 Å². The fourth-order valence-corrected chi connectivity index (χ4v) is 2.50. The molecule has 1 heterocycles. The lowest BCUT2D eigenvalue weighted by atomic mass is 10.2. The topological polar surface area (TPSA) is 18.5 Å². The molecule has 0 saturated carbocycles. The quantitative estimate of drug-likeness (QED) is 0.811. The van der Waals surface area contributed by atoms with Crippen LogP contribution in [-0.2, 0) is 0 Å². The van der Waals surface area contributed by atoms with Crippen molar-refractivity contribution in [2.24, 2.45) is 0 Å². The molecule has 1 N–H and O–H groups in total. The van der Waals surface area contributed by atoms with Gasteiger partial charge in [-0.15, -0.1) is 0 Å². The minimum atomic E-state index is 1.12. The van der Waals surface area contributed by atoms with Gasteiger partial charge in [0.15, 0.2) is 0 Å². The number of anilines is 2. The zero-order valence-electron chi connectivity index (χ0n) is 9.94. The third-order valence-corrected chi connectivity index (χ3v) is 3.90. The van der Waals surface area contributed by atoms with Crippen molar-refractivity contribution in [3.63, 3.8) is 0 Å². The molecule has 0 aromatic heterocycles. The molecule has 1 aliphatic heterocycles. The van der Waals surface area contributed by atoms with E-state index in [9.17, 15) is 0 Å². The summed E-state index contributed by atoms with van der Waals surface area (Å²) in [5, 5.41) is 3.14. The van der Waals surface area contributed by atoms with E-state index in [0.717, 1.165) is 26.2 Å². The minimum absolute atomic E-state index is 1.12. The summed E-state index contributed by atoms with van der Waals surface area (Å²) in [5.74, 6) is 0. The first-order valence-corrected chi connectivity index (χ1v) is 6.83. The Bertz CT molecular complexity index is 318. The van der Waals surface area contributed by atoms with Crippen molar-refractivity contribution in [1.82, 2.24) is 4.31 Å². The number of hydrogen-bond donors (Lipinski definition) is 1. The third kappa shape index (κ3) is 2.62. The lowest BCUT2D eigenvalue weighted by Crippen LogP contribution is -2.43. The number of nitrogens with one attached hydrogen (secondary N) is 1. The molecule has 0 amide bonds. The van der Waals surface area contributed by atoms with Crippen molar-refractivity contribution in [2.75, 3.05) is 49.7 Å². The van der Waals surface area contributed by atoms with E-state index in [1.165, 1.54) is 11.4 Å². The average molecular weight is 237 g/mol. The van der Waals surface area contributed by atoms with E-state index < -0.39 is 0 Å². The lowest BCUT2D eigenvalue weighted by molar-refractivity contribution is 0.431. The Morgan fingerprint density at radius 1 is 1.06 bits per heavy atom. The normalized spacial score (nSPS) is 17.5. The Balaban J connectivity index is 1.97. The number of hydrogen-bond acceptors (Lipinski definition) is 4. The highest BCUT2D eigenvalue weighted by Gasteiger charge is 2.15. The summed E-state index contributed by atoms with van der Waals surface area (Å²) < 4.78 is 2.42. The van der Waals surface area contributed by atoms with Gasteiger partial charge in [0.1, 0.15) is 0 Å². The zero-order valence-corrected chi connectivity index (χ0v) is 10.8. The van der Waals surface area contributed by atoms with Crippen molar-refractivity contribution >= 4 is 23.3 Å². The van der Waals surface area contributed by atoms with E-state index in [0.29, 0.717) is 0 Å². The van der Waals surface area contributed by atoms with E-state index in [4.69, 9.17) is 0 Å². The van der Waals surface area contributed by atoms with Crippen LogP contribution in [0.25, 0.3) is 0 Å². The minimum Gasteiger partial charge on any atom is -0.388 e. The number of piperazine rings is 1. The molecule has 88 valence electrons. The molecule has 0 spiro atoms. The largest absolute Gasteiger partial charge is 0.388 e. The molecule has 1 saturated heterocycles. The predicted octanol–water partition coefficient (Wildman–Crippen LogP) is 2.13. The highest BCUT2D eigenvalue weighted by atomic mass is 32.2. The molecule has 1 aromatic carbocycles. The zero-order chi connectivity index (χ0) is 11.4. The highest BCUT2D eigenvalue weighted by molar-refractivity contribution is 7.96. The van der Waals surface area contributed by atoms with Crippen LogP contribution < -0.4 is 10.2 Å². The van der Waals surface area contributed by atoms with Crippen LogP contribution in [-0.4, -0.2) is 43.8 Å². The second kappa shape index (κ2) is 5.46. The fourth-order valence-electron chi connectivity index (χ4n) is 1.97. The van der Waals surface area contributed by atoms with Crippen molar-refractivity contribution in [2.45, 2.75) is 0 Å². The van der Waals surface area contributed by atoms with Crippen LogP contribution in [0.15, 0.2) is 24.3 Å². The van der Waals surface area contributed by atoms with Gasteiger partial charge in [0.25, 0.3) is 0 Å². The van der Waals surface area contributed by atoms with E-state index in [2.05, 4.69) is 45.0 Å². The first kappa shape index (κ1) is 11.6. The van der Waals surface area contributed by atoms with Crippen molar-refractivity contribution in [1.29, 1.82) is 0 Å². The summed E-state index contributed by atoms with van der Waals surface area (Å²) in [4.78, 5) is 2.45. The Morgan fingerprint density at radius 3 is 2.19 bits per heavy atom. The smallest absolute Gasteiger partial charge is 0.0368 e. The molecule has 1 fully saturated rings. The summed E-state index contributed by atoms with van der Waals surface area (Å²) in [6.45, 7) is 4.55. The maximum absolute atomic E-state index is 3.14. The summed E-state index contributed by atoms with van der Waals surface area (Å²) in [7, 11) is 1.95. The molecule has 0 bridgehead atoms. The highest BCUT2D eigenvalue weighted by Crippen LogP contribution is 2.20. The van der Waals surface area contributed by atoms with Crippen LogP contribution in [0.1, 0.15) is 0 Å². The monoisotopic (exact) mass is 237 g/mol. The number of nitrogens with zero attached hydrogens (tertiary/aromatic N) is 2. The average Bonchev–Trinajstić information content (AvgIpc) is 2.39. The molecular formula is C12H19N3S. The second-order valence-corrected chi connectivity index (χ2v) is 4.78. The Labute approximate surface area is 102 Å². The van der Waals surface area contributed by atoms with Crippen LogP contribution in [0.5, 0.6) is 0 Å². The van der Waals surface area contributed by atoms with Gasteiger partial charge in [0, 0.05) is 44.6 Å². The molecule has 3 nitrogen and oxygen atoms in total. The Morgan fingerprint density at radius 2 is 1.69 bits per heavy atom. The van der Waals surface area contributed by atoms with E-state index in [-0.39, 0.29) is 0 Å². The molecule has 4 heteroatoms. The standard InChI is InChI=1S/C12H19N3S/c1-13-11-3-5-12(6-4-11)14-7-9-15(16-2)10-8-14/h3-6,13H,7-10H2,1-2H3. The third-order valence-electron chi connectivity index (χ3n) is 3.02. The van der Waals surface area contributed by atoms with Crippen molar-refractivity contribution in [3.8, 4) is 0 Å². The molecule has 0 atom stereocenters. The molecule has 2 rings (SSSR count). The lowest BCUT2D eigenvalue weighted by Gasteiger charge is -2.34. The van der Waals surface area contributed by atoms with E-state index >= 15 is 0 Å². The molecule has 1 aliphatic rings. The van der Waals surface area contributed by atoms with Crippen molar-refractivity contribution in [3.05, 3.63) is 24.3 Å². The van der Waals surface area contributed by atoms with Gasteiger partial charge in [0.2, 0.25) is 0 Å². The van der Waals surface area contributed by atoms with Gasteiger partial charge >= 0.3 is 0 Å². The van der Waals surface area contributed by atoms with Gasteiger partial charge in [-0.2, -0.15) is 0 Å². The van der Waals surface area contributed by atoms with Gasteiger partial charge in [-0.1, -0.05) is 11.9 Å². The maximum atomic E-state index is 3.14.